The lowest BCUT2D eigenvalue weighted by Crippen LogP contribution is -2.07. The fraction of sp³-hybridized carbons (Fsp3) is 0.214. The molecule has 1 aromatic carbocycles. The van der Waals surface area contributed by atoms with Gasteiger partial charge in [-0.15, -0.1) is 0 Å². The van der Waals surface area contributed by atoms with Gasteiger partial charge in [0.15, 0.2) is 0 Å². The van der Waals surface area contributed by atoms with E-state index in [0.29, 0.717) is 18.0 Å². The van der Waals surface area contributed by atoms with E-state index < -0.39 is 4.92 Å². The molecule has 1 aromatic heterocycles. The van der Waals surface area contributed by atoms with E-state index in [1.807, 2.05) is 13.1 Å². The van der Waals surface area contributed by atoms with E-state index in [4.69, 9.17) is 4.74 Å². The summed E-state index contributed by atoms with van der Waals surface area (Å²) >= 11 is 0. The van der Waals surface area contributed by atoms with Crippen molar-refractivity contribution >= 4 is 5.69 Å². The second-order valence-electron chi connectivity index (χ2n) is 4.28. The number of aromatic nitrogens is 1. The molecule has 0 fully saturated rings. The van der Waals surface area contributed by atoms with E-state index in [1.54, 1.807) is 31.3 Å². The van der Waals surface area contributed by atoms with Gasteiger partial charge in [-0.2, -0.15) is 0 Å². The normalized spacial score (nSPS) is 10.3. The molecule has 0 amide bonds. The Morgan fingerprint density at radius 3 is 2.85 bits per heavy atom. The summed E-state index contributed by atoms with van der Waals surface area (Å²) in [5, 5.41) is 14.1. The number of para-hydroxylation sites is 1. The molecule has 0 aliphatic carbocycles. The maximum absolute atomic E-state index is 11.1. The molecule has 6 nitrogen and oxygen atoms in total. The first-order valence-electron chi connectivity index (χ1n) is 6.14. The highest BCUT2D eigenvalue weighted by Crippen LogP contribution is 2.34. The fourth-order valence-corrected chi connectivity index (χ4v) is 1.85. The molecule has 2 aromatic rings. The third-order valence-electron chi connectivity index (χ3n) is 2.80. The summed E-state index contributed by atoms with van der Waals surface area (Å²) in [5.74, 6) is 0.604. The van der Waals surface area contributed by atoms with E-state index in [-0.39, 0.29) is 11.4 Å². The second kappa shape index (κ2) is 6.12. The standard InChI is InChI=1S/C14H15N3O3/c1-10-5-3-7-12(17(18)19)13(10)20-14-11(9-15-2)6-4-8-16-14/h3-8,15H,9H2,1-2H3. The highest BCUT2D eigenvalue weighted by atomic mass is 16.6. The van der Waals surface area contributed by atoms with Crippen molar-refractivity contribution in [2.24, 2.45) is 0 Å². The van der Waals surface area contributed by atoms with Gasteiger partial charge in [0, 0.05) is 24.4 Å². The van der Waals surface area contributed by atoms with Crippen molar-refractivity contribution in [2.45, 2.75) is 13.5 Å². The number of pyridine rings is 1. The number of ether oxygens (including phenoxy) is 1. The van der Waals surface area contributed by atoms with E-state index >= 15 is 0 Å². The van der Waals surface area contributed by atoms with Crippen molar-refractivity contribution in [1.82, 2.24) is 10.3 Å². The Hall–Kier alpha value is -2.47. The zero-order chi connectivity index (χ0) is 14.5. The van der Waals surface area contributed by atoms with Crippen molar-refractivity contribution in [3.05, 3.63) is 57.8 Å². The molecular weight excluding hydrogens is 258 g/mol. The minimum Gasteiger partial charge on any atom is -0.431 e. The smallest absolute Gasteiger partial charge is 0.311 e. The maximum Gasteiger partial charge on any atom is 0.311 e. The molecule has 0 atom stereocenters. The number of benzene rings is 1. The van der Waals surface area contributed by atoms with Gasteiger partial charge in [-0.25, -0.2) is 4.98 Å². The molecule has 2 rings (SSSR count). The summed E-state index contributed by atoms with van der Waals surface area (Å²) in [4.78, 5) is 14.8. The lowest BCUT2D eigenvalue weighted by Gasteiger charge is -2.11. The van der Waals surface area contributed by atoms with Crippen LogP contribution in [0.1, 0.15) is 11.1 Å². The number of nitrogens with one attached hydrogen (secondary N) is 1. The quantitative estimate of drug-likeness (QED) is 0.669. The van der Waals surface area contributed by atoms with Crippen molar-refractivity contribution in [3.63, 3.8) is 0 Å². The molecule has 0 saturated carbocycles. The molecule has 0 aliphatic heterocycles. The second-order valence-corrected chi connectivity index (χ2v) is 4.28. The monoisotopic (exact) mass is 273 g/mol. The molecule has 1 heterocycles. The van der Waals surface area contributed by atoms with Gasteiger partial charge >= 0.3 is 5.69 Å². The van der Waals surface area contributed by atoms with Gasteiger partial charge in [0.1, 0.15) is 0 Å². The molecule has 0 spiro atoms. The number of rotatable bonds is 5. The van der Waals surface area contributed by atoms with Crippen LogP contribution >= 0.6 is 0 Å². The SMILES string of the molecule is CNCc1cccnc1Oc1c(C)cccc1[N+](=O)[O-]. The molecule has 104 valence electrons. The minimum absolute atomic E-state index is 0.0638. The predicted molar refractivity (Wildman–Crippen MR) is 74.9 cm³/mol. The molecule has 0 radical (unpaired) electrons. The Labute approximate surface area is 116 Å². The zero-order valence-corrected chi connectivity index (χ0v) is 11.3. The largest absolute Gasteiger partial charge is 0.431 e. The summed E-state index contributed by atoms with van der Waals surface area (Å²) < 4.78 is 5.69. The van der Waals surface area contributed by atoms with Gasteiger partial charge in [0.05, 0.1) is 4.92 Å². The molecule has 0 aliphatic rings. The number of nitro groups is 1. The van der Waals surface area contributed by atoms with Crippen molar-refractivity contribution in [2.75, 3.05) is 7.05 Å². The third kappa shape index (κ3) is 2.92. The Balaban J connectivity index is 2.42. The summed E-state index contributed by atoms with van der Waals surface area (Å²) in [5.41, 5.74) is 1.47. The van der Waals surface area contributed by atoms with Crippen LogP contribution in [0, 0.1) is 17.0 Å². The third-order valence-corrected chi connectivity index (χ3v) is 2.80. The van der Waals surface area contributed by atoms with Gasteiger partial charge in [-0.1, -0.05) is 18.2 Å². The van der Waals surface area contributed by atoms with E-state index in [2.05, 4.69) is 10.3 Å². The Morgan fingerprint density at radius 2 is 2.15 bits per heavy atom. The number of aryl methyl sites for hydroxylation is 1. The van der Waals surface area contributed by atoms with Crippen LogP contribution in [0.25, 0.3) is 0 Å². The van der Waals surface area contributed by atoms with Crippen LogP contribution in [0.4, 0.5) is 5.69 Å². The van der Waals surface area contributed by atoms with Crippen molar-refractivity contribution < 1.29 is 9.66 Å². The number of nitrogens with zero attached hydrogens (tertiary/aromatic N) is 2. The molecular formula is C14H15N3O3. The van der Waals surface area contributed by atoms with E-state index in [1.165, 1.54) is 6.07 Å². The fourth-order valence-electron chi connectivity index (χ4n) is 1.85. The number of hydrogen-bond donors (Lipinski definition) is 1. The van der Waals surface area contributed by atoms with Crippen LogP contribution < -0.4 is 10.1 Å². The molecule has 6 heteroatoms. The van der Waals surface area contributed by atoms with Crippen molar-refractivity contribution in [3.8, 4) is 11.6 Å². The number of nitro benzene ring substituents is 1. The summed E-state index contributed by atoms with van der Waals surface area (Å²) in [6, 6.07) is 8.48. The van der Waals surface area contributed by atoms with Gasteiger partial charge in [0.25, 0.3) is 0 Å². The highest BCUT2D eigenvalue weighted by Gasteiger charge is 2.19. The Morgan fingerprint density at radius 1 is 1.35 bits per heavy atom. The maximum atomic E-state index is 11.1. The van der Waals surface area contributed by atoms with Gasteiger partial charge in [-0.05, 0) is 25.6 Å². The first-order chi connectivity index (χ1) is 9.63. The van der Waals surface area contributed by atoms with E-state index in [0.717, 1.165) is 5.56 Å². The van der Waals surface area contributed by atoms with Crippen molar-refractivity contribution in [1.29, 1.82) is 0 Å². The average molecular weight is 273 g/mol. The molecule has 0 unspecified atom stereocenters. The number of hydrogen-bond acceptors (Lipinski definition) is 5. The van der Waals surface area contributed by atoms with E-state index in [9.17, 15) is 10.1 Å². The predicted octanol–water partition coefficient (Wildman–Crippen LogP) is 2.81. The summed E-state index contributed by atoms with van der Waals surface area (Å²) in [6.07, 6.45) is 1.60. The zero-order valence-electron chi connectivity index (χ0n) is 11.3. The Bertz CT molecular complexity index is 629. The van der Waals surface area contributed by atoms with Gasteiger partial charge < -0.3 is 10.1 Å². The van der Waals surface area contributed by atoms with Gasteiger partial charge in [0.2, 0.25) is 11.6 Å². The molecule has 1 N–H and O–H groups in total. The van der Waals surface area contributed by atoms with Crippen LogP contribution in [-0.2, 0) is 6.54 Å². The van der Waals surface area contributed by atoms with Crippen LogP contribution in [0.2, 0.25) is 0 Å². The summed E-state index contributed by atoms with van der Waals surface area (Å²) in [6.45, 7) is 2.34. The van der Waals surface area contributed by atoms with Crippen LogP contribution in [-0.4, -0.2) is 17.0 Å². The van der Waals surface area contributed by atoms with Crippen LogP contribution in [0.5, 0.6) is 11.6 Å². The average Bonchev–Trinajstić information content (AvgIpc) is 2.43. The molecule has 0 bridgehead atoms. The lowest BCUT2D eigenvalue weighted by atomic mass is 10.2. The molecule has 0 saturated heterocycles. The highest BCUT2D eigenvalue weighted by molar-refractivity contribution is 5.53. The summed E-state index contributed by atoms with van der Waals surface area (Å²) in [7, 11) is 1.81. The first kappa shape index (κ1) is 14.0. The Kier molecular flexibility index (Phi) is 4.27. The minimum atomic E-state index is -0.455. The lowest BCUT2D eigenvalue weighted by molar-refractivity contribution is -0.385. The topological polar surface area (TPSA) is 77.3 Å². The molecule has 20 heavy (non-hydrogen) atoms. The van der Waals surface area contributed by atoms with Gasteiger partial charge in [-0.3, -0.25) is 10.1 Å². The van der Waals surface area contributed by atoms with Crippen LogP contribution in [0.3, 0.4) is 0 Å². The van der Waals surface area contributed by atoms with Crippen LogP contribution in [0.15, 0.2) is 36.5 Å². The first-order valence-corrected chi connectivity index (χ1v) is 6.14.